The first-order chi connectivity index (χ1) is 13.8. The van der Waals surface area contributed by atoms with E-state index in [9.17, 15) is 5.11 Å². The molecule has 0 aliphatic rings. The number of ether oxygens (including phenoxy) is 2. The van der Waals surface area contributed by atoms with Crippen LogP contribution < -0.4 is 14.8 Å². The molecule has 2 N–H and O–H groups in total. The summed E-state index contributed by atoms with van der Waals surface area (Å²) in [4.78, 5) is 0. The average molecular weight is 377 g/mol. The Labute approximate surface area is 166 Å². The molecule has 0 radical (unpaired) electrons. The molecule has 3 aromatic rings. The summed E-state index contributed by atoms with van der Waals surface area (Å²) in [6.07, 6.45) is 0.327. The third kappa shape index (κ3) is 5.84. The van der Waals surface area contributed by atoms with Crippen molar-refractivity contribution in [2.75, 3.05) is 20.3 Å². The molecule has 3 rings (SSSR count). The first-order valence-corrected chi connectivity index (χ1v) is 9.53. The predicted octanol–water partition coefficient (Wildman–Crippen LogP) is 4.14. The fourth-order valence-corrected chi connectivity index (χ4v) is 3.01. The first kappa shape index (κ1) is 19.9. The summed E-state index contributed by atoms with van der Waals surface area (Å²) in [6.45, 7) is 1.73. The van der Waals surface area contributed by atoms with Gasteiger partial charge in [0.15, 0.2) is 11.5 Å². The smallest absolute Gasteiger partial charge is 0.161 e. The van der Waals surface area contributed by atoms with E-state index in [0.717, 1.165) is 29.0 Å². The fourth-order valence-electron chi connectivity index (χ4n) is 3.01. The van der Waals surface area contributed by atoms with Gasteiger partial charge in [-0.25, -0.2) is 0 Å². The van der Waals surface area contributed by atoms with Crippen LogP contribution in [0.15, 0.2) is 78.9 Å². The van der Waals surface area contributed by atoms with Crippen LogP contribution in [0.3, 0.4) is 0 Å². The van der Waals surface area contributed by atoms with Gasteiger partial charge < -0.3 is 19.9 Å². The highest BCUT2D eigenvalue weighted by Crippen LogP contribution is 2.28. The Morgan fingerprint density at radius 2 is 1.57 bits per heavy atom. The zero-order valence-electron chi connectivity index (χ0n) is 16.2. The van der Waals surface area contributed by atoms with Gasteiger partial charge >= 0.3 is 0 Å². The molecule has 146 valence electrons. The van der Waals surface area contributed by atoms with E-state index in [4.69, 9.17) is 9.47 Å². The lowest BCUT2D eigenvalue weighted by Gasteiger charge is -2.14. The van der Waals surface area contributed by atoms with E-state index in [1.807, 2.05) is 66.7 Å². The molecule has 0 saturated carbocycles. The minimum atomic E-state index is -0.524. The van der Waals surface area contributed by atoms with Crippen molar-refractivity contribution in [3.63, 3.8) is 0 Å². The molecular formula is C24H27NO3. The summed E-state index contributed by atoms with van der Waals surface area (Å²) in [7, 11) is 1.65. The molecule has 0 spiro atoms. The average Bonchev–Trinajstić information content (AvgIpc) is 2.75. The minimum Gasteiger partial charge on any atom is -0.493 e. The van der Waals surface area contributed by atoms with Gasteiger partial charge in [0, 0.05) is 19.5 Å². The highest BCUT2D eigenvalue weighted by Gasteiger charge is 2.08. The summed E-state index contributed by atoms with van der Waals surface area (Å²) in [5.41, 5.74) is 3.24. The van der Waals surface area contributed by atoms with E-state index in [-0.39, 0.29) is 0 Å². The van der Waals surface area contributed by atoms with Crippen molar-refractivity contribution >= 4 is 0 Å². The zero-order chi connectivity index (χ0) is 19.6. The topological polar surface area (TPSA) is 50.7 Å². The lowest BCUT2D eigenvalue weighted by Crippen LogP contribution is -2.21. The normalized spacial score (nSPS) is 11.8. The van der Waals surface area contributed by atoms with Crippen molar-refractivity contribution in [3.05, 3.63) is 95.6 Å². The predicted molar refractivity (Wildman–Crippen MR) is 112 cm³/mol. The molecule has 4 nitrogen and oxygen atoms in total. The Kier molecular flexibility index (Phi) is 7.47. The van der Waals surface area contributed by atoms with Crippen molar-refractivity contribution < 1.29 is 14.6 Å². The summed E-state index contributed by atoms with van der Waals surface area (Å²) < 4.78 is 11.4. The van der Waals surface area contributed by atoms with Gasteiger partial charge in [-0.15, -0.1) is 0 Å². The van der Waals surface area contributed by atoms with Crippen LogP contribution in [0, 0.1) is 0 Å². The maximum Gasteiger partial charge on any atom is 0.161 e. The van der Waals surface area contributed by atoms with E-state index in [0.29, 0.717) is 19.7 Å². The number of aliphatic hydroxyl groups excluding tert-OH is 1. The maximum atomic E-state index is 10.2. The Balaban J connectivity index is 1.49. The Morgan fingerprint density at radius 3 is 2.29 bits per heavy atom. The van der Waals surface area contributed by atoms with Crippen molar-refractivity contribution in [2.24, 2.45) is 0 Å². The molecule has 0 saturated heterocycles. The van der Waals surface area contributed by atoms with Crippen molar-refractivity contribution in [2.45, 2.75) is 19.1 Å². The number of nitrogens with one attached hydrogen (secondary N) is 1. The van der Waals surface area contributed by atoms with E-state index in [2.05, 4.69) is 17.4 Å². The number of methoxy groups -OCH3 is 1. The van der Waals surface area contributed by atoms with Crippen LogP contribution in [-0.4, -0.2) is 25.4 Å². The Morgan fingerprint density at radius 1 is 0.857 bits per heavy atom. The molecule has 0 unspecified atom stereocenters. The van der Waals surface area contributed by atoms with E-state index >= 15 is 0 Å². The van der Waals surface area contributed by atoms with Gasteiger partial charge in [0.1, 0.15) is 0 Å². The standard InChI is InChI=1S/C24H27NO3/c1-27-24-16-20(17-25-18-22(26)21-10-6-3-7-11-21)12-13-23(24)28-15-14-19-8-4-2-5-9-19/h2-13,16,22,25-26H,14-15,17-18H2,1H3/t22-/m0/s1. The molecular weight excluding hydrogens is 350 g/mol. The van der Waals surface area contributed by atoms with Crippen LogP contribution in [0.1, 0.15) is 22.8 Å². The molecule has 0 aliphatic carbocycles. The van der Waals surface area contributed by atoms with Crippen LogP contribution in [-0.2, 0) is 13.0 Å². The fraction of sp³-hybridized carbons (Fsp3) is 0.250. The molecule has 28 heavy (non-hydrogen) atoms. The van der Waals surface area contributed by atoms with Gasteiger partial charge in [-0.3, -0.25) is 0 Å². The number of hydrogen-bond donors (Lipinski definition) is 2. The molecule has 0 aliphatic heterocycles. The van der Waals surface area contributed by atoms with Crippen LogP contribution >= 0.6 is 0 Å². The number of benzene rings is 3. The second-order valence-corrected chi connectivity index (χ2v) is 6.63. The van der Waals surface area contributed by atoms with Gasteiger partial charge in [0.2, 0.25) is 0 Å². The number of aliphatic hydroxyl groups is 1. The summed E-state index contributed by atoms with van der Waals surface area (Å²) in [6, 6.07) is 25.9. The molecule has 0 heterocycles. The molecule has 0 aromatic heterocycles. The van der Waals surface area contributed by atoms with Crippen LogP contribution in [0.2, 0.25) is 0 Å². The lowest BCUT2D eigenvalue weighted by molar-refractivity contribution is 0.174. The zero-order valence-corrected chi connectivity index (χ0v) is 16.2. The Bertz CT molecular complexity index is 837. The van der Waals surface area contributed by atoms with Crippen LogP contribution in [0.5, 0.6) is 11.5 Å². The second kappa shape index (κ2) is 10.5. The monoisotopic (exact) mass is 377 g/mol. The molecule has 4 heteroatoms. The maximum absolute atomic E-state index is 10.2. The highest BCUT2D eigenvalue weighted by atomic mass is 16.5. The number of hydrogen-bond acceptors (Lipinski definition) is 4. The molecule has 0 bridgehead atoms. The summed E-state index contributed by atoms with van der Waals surface area (Å²) in [5, 5.41) is 13.5. The molecule has 3 aromatic carbocycles. The van der Waals surface area contributed by atoms with E-state index in [1.165, 1.54) is 5.56 Å². The van der Waals surface area contributed by atoms with Gasteiger partial charge in [0.25, 0.3) is 0 Å². The molecule has 0 amide bonds. The van der Waals surface area contributed by atoms with Crippen LogP contribution in [0.4, 0.5) is 0 Å². The number of rotatable bonds is 10. The van der Waals surface area contributed by atoms with E-state index < -0.39 is 6.10 Å². The summed E-state index contributed by atoms with van der Waals surface area (Å²) in [5.74, 6) is 1.46. The lowest BCUT2D eigenvalue weighted by atomic mass is 10.1. The van der Waals surface area contributed by atoms with Crippen LogP contribution in [0.25, 0.3) is 0 Å². The largest absolute Gasteiger partial charge is 0.493 e. The van der Waals surface area contributed by atoms with Gasteiger partial charge in [-0.2, -0.15) is 0 Å². The SMILES string of the molecule is COc1cc(CNC[C@H](O)c2ccccc2)ccc1OCCc1ccccc1. The van der Waals surface area contributed by atoms with Gasteiger partial charge in [-0.05, 0) is 28.8 Å². The van der Waals surface area contributed by atoms with Crippen molar-refractivity contribution in [3.8, 4) is 11.5 Å². The first-order valence-electron chi connectivity index (χ1n) is 9.53. The minimum absolute atomic E-state index is 0.488. The third-order valence-corrected chi connectivity index (χ3v) is 4.57. The van der Waals surface area contributed by atoms with Crippen molar-refractivity contribution in [1.29, 1.82) is 0 Å². The van der Waals surface area contributed by atoms with Gasteiger partial charge in [-0.1, -0.05) is 66.7 Å². The molecule has 0 fully saturated rings. The highest BCUT2D eigenvalue weighted by molar-refractivity contribution is 5.43. The Hall–Kier alpha value is -2.82. The van der Waals surface area contributed by atoms with Gasteiger partial charge in [0.05, 0.1) is 19.8 Å². The summed E-state index contributed by atoms with van der Waals surface area (Å²) >= 11 is 0. The van der Waals surface area contributed by atoms with E-state index in [1.54, 1.807) is 7.11 Å². The molecule has 1 atom stereocenters. The van der Waals surface area contributed by atoms with Crippen molar-refractivity contribution in [1.82, 2.24) is 5.32 Å². The quantitative estimate of drug-likeness (QED) is 0.558. The second-order valence-electron chi connectivity index (χ2n) is 6.63. The third-order valence-electron chi connectivity index (χ3n) is 4.57.